The minimum absolute atomic E-state index is 0.0773. The van der Waals surface area contributed by atoms with E-state index in [-0.39, 0.29) is 11.9 Å². The zero-order valence-corrected chi connectivity index (χ0v) is 8.14. The summed E-state index contributed by atoms with van der Waals surface area (Å²) in [5, 5.41) is 1.45. The van der Waals surface area contributed by atoms with Gasteiger partial charge in [-0.3, -0.25) is 9.63 Å². The van der Waals surface area contributed by atoms with Crippen molar-refractivity contribution in [1.29, 1.82) is 0 Å². The Bertz CT molecular complexity index is 323. The molecule has 3 nitrogen and oxygen atoms in total. The second-order valence-electron chi connectivity index (χ2n) is 3.53. The summed E-state index contributed by atoms with van der Waals surface area (Å²) in [7, 11) is 0. The number of β-lactam (4-membered cyclic amide) rings is 1. The molecular weight excluding hydrogens is 178 g/mol. The van der Waals surface area contributed by atoms with Gasteiger partial charge in [-0.2, -0.15) is 0 Å². The van der Waals surface area contributed by atoms with Gasteiger partial charge in [-0.05, 0) is 12.5 Å². The van der Waals surface area contributed by atoms with Crippen molar-refractivity contribution in [3.63, 3.8) is 0 Å². The lowest BCUT2D eigenvalue weighted by Crippen LogP contribution is -2.50. The molecule has 1 heterocycles. The number of carbonyl (C=O) groups is 1. The summed E-state index contributed by atoms with van der Waals surface area (Å²) in [6, 6.07) is 10.1. The van der Waals surface area contributed by atoms with Crippen LogP contribution < -0.4 is 0 Å². The van der Waals surface area contributed by atoms with E-state index in [2.05, 4.69) is 0 Å². The van der Waals surface area contributed by atoms with Crippen LogP contribution in [0.15, 0.2) is 30.3 Å². The van der Waals surface area contributed by atoms with E-state index in [1.807, 2.05) is 37.3 Å². The van der Waals surface area contributed by atoms with Crippen LogP contribution in [0.5, 0.6) is 0 Å². The lowest BCUT2D eigenvalue weighted by Gasteiger charge is -2.36. The predicted octanol–water partition coefficient (Wildman–Crippen LogP) is 1.74. The van der Waals surface area contributed by atoms with Crippen molar-refractivity contribution >= 4 is 5.91 Å². The van der Waals surface area contributed by atoms with E-state index in [4.69, 9.17) is 4.84 Å². The molecule has 0 aromatic heterocycles. The Morgan fingerprint density at radius 1 is 1.43 bits per heavy atom. The van der Waals surface area contributed by atoms with Crippen LogP contribution in [0, 0.1) is 0 Å². The molecule has 74 valence electrons. The number of hydrogen-bond acceptors (Lipinski definition) is 2. The Balaban J connectivity index is 1.86. The first-order valence-corrected chi connectivity index (χ1v) is 4.76. The van der Waals surface area contributed by atoms with Crippen LogP contribution in [0.3, 0.4) is 0 Å². The molecule has 0 radical (unpaired) electrons. The zero-order chi connectivity index (χ0) is 9.97. The van der Waals surface area contributed by atoms with E-state index >= 15 is 0 Å². The molecule has 0 aliphatic carbocycles. The van der Waals surface area contributed by atoms with Crippen LogP contribution in [0.4, 0.5) is 0 Å². The molecular formula is C11H13NO2. The second-order valence-corrected chi connectivity index (χ2v) is 3.53. The van der Waals surface area contributed by atoms with Crippen molar-refractivity contribution in [2.45, 2.75) is 26.0 Å². The maximum atomic E-state index is 11.1. The molecule has 14 heavy (non-hydrogen) atoms. The van der Waals surface area contributed by atoms with E-state index in [1.54, 1.807) is 0 Å². The summed E-state index contributed by atoms with van der Waals surface area (Å²) < 4.78 is 0. The van der Waals surface area contributed by atoms with Gasteiger partial charge in [0.2, 0.25) is 5.91 Å². The van der Waals surface area contributed by atoms with Crippen molar-refractivity contribution in [2.75, 3.05) is 0 Å². The molecule has 2 rings (SSSR count). The second kappa shape index (κ2) is 3.80. The van der Waals surface area contributed by atoms with Crippen LogP contribution >= 0.6 is 0 Å². The van der Waals surface area contributed by atoms with Gasteiger partial charge in [0.25, 0.3) is 0 Å². The highest BCUT2D eigenvalue weighted by Gasteiger charge is 2.33. The van der Waals surface area contributed by atoms with Crippen LogP contribution in [0.25, 0.3) is 0 Å². The van der Waals surface area contributed by atoms with Crippen LogP contribution in [0.2, 0.25) is 0 Å². The van der Waals surface area contributed by atoms with E-state index in [1.165, 1.54) is 5.06 Å². The molecule has 1 amide bonds. The molecule has 1 aromatic rings. The van der Waals surface area contributed by atoms with Gasteiger partial charge in [-0.25, -0.2) is 5.06 Å². The van der Waals surface area contributed by atoms with Crippen molar-refractivity contribution in [2.24, 2.45) is 0 Å². The van der Waals surface area contributed by atoms with Crippen molar-refractivity contribution < 1.29 is 9.63 Å². The Labute approximate surface area is 83.2 Å². The molecule has 1 aliphatic heterocycles. The molecule has 0 saturated carbocycles. The fraction of sp³-hybridized carbons (Fsp3) is 0.364. The third kappa shape index (κ3) is 1.77. The largest absolute Gasteiger partial charge is 0.272 e. The average Bonchev–Trinajstić information content (AvgIpc) is 2.19. The molecule has 1 aromatic carbocycles. The summed E-state index contributed by atoms with van der Waals surface area (Å²) in [5.41, 5.74) is 1.08. The third-order valence-corrected chi connectivity index (χ3v) is 2.33. The highest BCUT2D eigenvalue weighted by atomic mass is 16.7. The molecule has 0 spiro atoms. The molecule has 0 unspecified atom stereocenters. The first-order valence-electron chi connectivity index (χ1n) is 4.76. The highest BCUT2D eigenvalue weighted by Crippen LogP contribution is 2.19. The van der Waals surface area contributed by atoms with Gasteiger partial charge >= 0.3 is 0 Å². The number of amides is 1. The monoisotopic (exact) mass is 191 g/mol. The number of hydroxylamine groups is 2. The topological polar surface area (TPSA) is 29.5 Å². The van der Waals surface area contributed by atoms with E-state index in [0.717, 1.165) is 5.56 Å². The number of carbonyl (C=O) groups excluding carboxylic acids is 1. The smallest absolute Gasteiger partial charge is 0.248 e. The summed E-state index contributed by atoms with van der Waals surface area (Å²) in [6.07, 6.45) is 0.606. The number of benzene rings is 1. The molecule has 0 bridgehead atoms. The maximum Gasteiger partial charge on any atom is 0.248 e. The third-order valence-electron chi connectivity index (χ3n) is 2.33. The summed E-state index contributed by atoms with van der Waals surface area (Å²) in [4.78, 5) is 16.4. The fourth-order valence-electron chi connectivity index (χ4n) is 1.48. The van der Waals surface area contributed by atoms with Crippen LogP contribution in [-0.4, -0.2) is 17.0 Å². The fourth-order valence-corrected chi connectivity index (χ4v) is 1.48. The van der Waals surface area contributed by atoms with Crippen molar-refractivity contribution in [3.8, 4) is 0 Å². The van der Waals surface area contributed by atoms with Gasteiger partial charge in [0.05, 0.1) is 12.5 Å². The highest BCUT2D eigenvalue weighted by molar-refractivity contribution is 5.81. The van der Waals surface area contributed by atoms with E-state index in [0.29, 0.717) is 13.0 Å². The minimum atomic E-state index is 0.0773. The van der Waals surface area contributed by atoms with Crippen LogP contribution in [0.1, 0.15) is 18.9 Å². The lowest BCUT2D eigenvalue weighted by molar-refractivity contribution is -0.230. The Morgan fingerprint density at radius 3 is 2.71 bits per heavy atom. The van der Waals surface area contributed by atoms with Gasteiger partial charge in [0, 0.05) is 0 Å². The predicted molar refractivity (Wildman–Crippen MR) is 52.2 cm³/mol. The van der Waals surface area contributed by atoms with Gasteiger partial charge in [0.15, 0.2) is 0 Å². The van der Waals surface area contributed by atoms with Crippen molar-refractivity contribution in [3.05, 3.63) is 35.9 Å². The van der Waals surface area contributed by atoms with E-state index in [9.17, 15) is 4.79 Å². The number of rotatable bonds is 3. The standard InChI is InChI=1S/C11H13NO2/c1-9-7-11(13)12(9)14-8-10-5-3-2-4-6-10/h2-6,9H,7-8H2,1H3/t9-/m1/s1. The number of hydrogen-bond donors (Lipinski definition) is 0. The summed E-state index contributed by atoms with van der Waals surface area (Å²) in [5.74, 6) is 0.0773. The Morgan fingerprint density at radius 2 is 2.14 bits per heavy atom. The van der Waals surface area contributed by atoms with Gasteiger partial charge in [-0.1, -0.05) is 30.3 Å². The molecule has 3 heteroatoms. The van der Waals surface area contributed by atoms with Crippen LogP contribution in [-0.2, 0) is 16.2 Å². The molecule has 1 saturated heterocycles. The molecule has 0 N–H and O–H groups in total. The van der Waals surface area contributed by atoms with E-state index < -0.39 is 0 Å². The first-order chi connectivity index (χ1) is 6.77. The van der Waals surface area contributed by atoms with Gasteiger partial charge < -0.3 is 0 Å². The van der Waals surface area contributed by atoms with Crippen molar-refractivity contribution in [1.82, 2.24) is 5.06 Å². The summed E-state index contributed by atoms with van der Waals surface area (Å²) >= 11 is 0. The van der Waals surface area contributed by atoms with Gasteiger partial charge in [0.1, 0.15) is 6.61 Å². The maximum absolute atomic E-state index is 11.1. The summed E-state index contributed by atoms with van der Waals surface area (Å²) in [6.45, 7) is 2.45. The Kier molecular flexibility index (Phi) is 2.50. The SMILES string of the molecule is C[C@@H]1CC(=O)N1OCc1ccccc1. The Hall–Kier alpha value is -1.35. The van der Waals surface area contributed by atoms with Gasteiger partial charge in [-0.15, -0.1) is 0 Å². The zero-order valence-electron chi connectivity index (χ0n) is 8.14. The lowest BCUT2D eigenvalue weighted by atomic mass is 10.1. The molecule has 1 atom stereocenters. The molecule has 1 aliphatic rings. The quantitative estimate of drug-likeness (QED) is 0.681. The average molecular weight is 191 g/mol. The minimum Gasteiger partial charge on any atom is -0.272 e. The molecule has 1 fully saturated rings. The first kappa shape index (κ1) is 9.21. The number of nitrogens with zero attached hydrogens (tertiary/aromatic N) is 1. The normalized spacial score (nSPS) is 20.8.